The Morgan fingerprint density at radius 1 is 1.54 bits per heavy atom. The van der Waals surface area contributed by atoms with Gasteiger partial charge in [-0.3, -0.25) is 0 Å². The Bertz CT molecular complexity index is 336. The standard InChI is InChI=1S/C8H12N2O3/c1-8(2,3)5-4-10(7(12)13)9-6(5)11/h4H,1-3H3,(H,9,11)(H,12,13). The van der Waals surface area contributed by atoms with E-state index < -0.39 is 6.09 Å². The van der Waals surface area contributed by atoms with Crippen LogP contribution in [0.5, 0.6) is 5.88 Å². The quantitative estimate of drug-likeness (QED) is 0.639. The van der Waals surface area contributed by atoms with E-state index in [9.17, 15) is 9.90 Å². The van der Waals surface area contributed by atoms with Crippen LogP contribution in [0, 0.1) is 0 Å². The van der Waals surface area contributed by atoms with Crippen molar-refractivity contribution in [1.82, 2.24) is 9.78 Å². The molecule has 2 N–H and O–H groups in total. The Morgan fingerprint density at radius 3 is 2.31 bits per heavy atom. The summed E-state index contributed by atoms with van der Waals surface area (Å²) in [6.45, 7) is 5.61. The molecule has 0 aliphatic rings. The number of aromatic nitrogens is 2. The van der Waals surface area contributed by atoms with Crippen molar-refractivity contribution in [1.29, 1.82) is 0 Å². The van der Waals surface area contributed by atoms with Gasteiger partial charge in [-0.05, 0) is 5.41 Å². The van der Waals surface area contributed by atoms with Crippen LogP contribution < -0.4 is 0 Å². The normalized spacial score (nSPS) is 11.6. The third-order valence-corrected chi connectivity index (χ3v) is 1.70. The van der Waals surface area contributed by atoms with Gasteiger partial charge in [0.2, 0.25) is 5.88 Å². The highest BCUT2D eigenvalue weighted by molar-refractivity contribution is 5.67. The van der Waals surface area contributed by atoms with Gasteiger partial charge >= 0.3 is 6.09 Å². The van der Waals surface area contributed by atoms with E-state index in [2.05, 4.69) is 5.10 Å². The van der Waals surface area contributed by atoms with Crippen LogP contribution in [-0.2, 0) is 5.41 Å². The van der Waals surface area contributed by atoms with Crippen molar-refractivity contribution in [3.05, 3.63) is 11.8 Å². The smallest absolute Gasteiger partial charge is 0.432 e. The second kappa shape index (κ2) is 2.76. The van der Waals surface area contributed by atoms with Gasteiger partial charge < -0.3 is 10.2 Å². The van der Waals surface area contributed by atoms with E-state index >= 15 is 0 Å². The monoisotopic (exact) mass is 184 g/mol. The molecule has 72 valence electrons. The number of hydrogen-bond acceptors (Lipinski definition) is 3. The van der Waals surface area contributed by atoms with Crippen molar-refractivity contribution in [3.63, 3.8) is 0 Å². The van der Waals surface area contributed by atoms with Crippen molar-refractivity contribution in [2.24, 2.45) is 0 Å². The average molecular weight is 184 g/mol. The summed E-state index contributed by atoms with van der Waals surface area (Å²) in [5.74, 6) is -0.227. The molecule has 0 aliphatic carbocycles. The third kappa shape index (κ3) is 1.80. The zero-order valence-corrected chi connectivity index (χ0v) is 7.77. The molecule has 0 spiro atoms. The van der Waals surface area contributed by atoms with Gasteiger partial charge in [-0.2, -0.15) is 4.68 Å². The first kappa shape index (κ1) is 9.57. The molecule has 0 fully saturated rings. The molecule has 0 aliphatic heterocycles. The summed E-state index contributed by atoms with van der Waals surface area (Å²) in [6, 6.07) is 0. The lowest BCUT2D eigenvalue weighted by atomic mass is 9.89. The molecule has 13 heavy (non-hydrogen) atoms. The Labute approximate surface area is 75.6 Å². The molecule has 1 aromatic rings. The van der Waals surface area contributed by atoms with Crippen molar-refractivity contribution < 1.29 is 15.0 Å². The summed E-state index contributed by atoms with van der Waals surface area (Å²) >= 11 is 0. The minimum absolute atomic E-state index is 0.227. The van der Waals surface area contributed by atoms with E-state index in [-0.39, 0.29) is 11.3 Å². The molecule has 0 atom stereocenters. The minimum Gasteiger partial charge on any atom is -0.492 e. The second-order valence-corrected chi connectivity index (χ2v) is 3.84. The third-order valence-electron chi connectivity index (χ3n) is 1.70. The van der Waals surface area contributed by atoms with Crippen molar-refractivity contribution in [2.45, 2.75) is 26.2 Å². The molecule has 1 rings (SSSR count). The summed E-state index contributed by atoms with van der Waals surface area (Å²) in [6.07, 6.45) is 0.114. The first-order valence-electron chi connectivity index (χ1n) is 3.85. The predicted octanol–water partition coefficient (Wildman–Crippen LogP) is 1.41. The topological polar surface area (TPSA) is 75.4 Å². The van der Waals surface area contributed by atoms with E-state index in [1.54, 1.807) is 0 Å². The molecule has 0 unspecified atom stereocenters. The molecule has 0 saturated heterocycles. The zero-order chi connectivity index (χ0) is 10.2. The number of carboxylic acid groups (broad SMARTS) is 1. The molecule has 0 aromatic carbocycles. The van der Waals surface area contributed by atoms with Crippen LogP contribution >= 0.6 is 0 Å². The van der Waals surface area contributed by atoms with Crippen LogP contribution in [0.25, 0.3) is 0 Å². The molecule has 1 aromatic heterocycles. The van der Waals surface area contributed by atoms with Crippen molar-refractivity contribution >= 4 is 6.09 Å². The highest BCUT2D eigenvalue weighted by Gasteiger charge is 2.22. The average Bonchev–Trinajstić information content (AvgIpc) is 2.29. The van der Waals surface area contributed by atoms with E-state index in [4.69, 9.17) is 5.11 Å². The summed E-state index contributed by atoms with van der Waals surface area (Å²) < 4.78 is 0.704. The van der Waals surface area contributed by atoms with Crippen molar-refractivity contribution in [2.75, 3.05) is 0 Å². The number of nitrogens with zero attached hydrogens (tertiary/aromatic N) is 2. The molecular formula is C8H12N2O3. The molecule has 0 amide bonds. The van der Waals surface area contributed by atoms with Gasteiger partial charge in [0, 0.05) is 11.8 Å². The van der Waals surface area contributed by atoms with Crippen LogP contribution in [0.1, 0.15) is 26.3 Å². The Hall–Kier alpha value is -1.52. The van der Waals surface area contributed by atoms with Crippen LogP contribution in [0.3, 0.4) is 0 Å². The predicted molar refractivity (Wildman–Crippen MR) is 46.0 cm³/mol. The van der Waals surface area contributed by atoms with Crippen LogP contribution in [0.2, 0.25) is 0 Å². The highest BCUT2D eigenvalue weighted by Crippen LogP contribution is 2.28. The van der Waals surface area contributed by atoms with E-state index in [1.807, 2.05) is 20.8 Å². The fourth-order valence-electron chi connectivity index (χ4n) is 0.992. The molecule has 5 heteroatoms. The summed E-state index contributed by atoms with van der Waals surface area (Å²) in [5, 5.41) is 21.3. The summed E-state index contributed by atoms with van der Waals surface area (Å²) in [7, 11) is 0. The minimum atomic E-state index is -1.20. The fraction of sp³-hybridized carbons (Fsp3) is 0.500. The van der Waals surface area contributed by atoms with Crippen LogP contribution in [-0.4, -0.2) is 26.1 Å². The lowest BCUT2D eigenvalue weighted by Crippen LogP contribution is -2.11. The summed E-state index contributed by atoms with van der Waals surface area (Å²) in [5.41, 5.74) is 0.215. The van der Waals surface area contributed by atoms with Gasteiger partial charge in [-0.25, -0.2) is 4.79 Å². The van der Waals surface area contributed by atoms with Crippen LogP contribution in [0.4, 0.5) is 4.79 Å². The second-order valence-electron chi connectivity index (χ2n) is 3.84. The maximum Gasteiger partial charge on any atom is 0.432 e. The lowest BCUT2D eigenvalue weighted by molar-refractivity contribution is 0.192. The van der Waals surface area contributed by atoms with E-state index in [0.29, 0.717) is 10.2 Å². The first-order chi connectivity index (χ1) is 5.82. The lowest BCUT2D eigenvalue weighted by Gasteiger charge is -2.15. The number of hydrogen-bond donors (Lipinski definition) is 2. The molecule has 0 radical (unpaired) electrons. The maximum absolute atomic E-state index is 10.5. The number of carbonyl (C=O) groups is 1. The van der Waals surface area contributed by atoms with E-state index in [1.165, 1.54) is 6.20 Å². The Morgan fingerprint density at radius 2 is 2.08 bits per heavy atom. The largest absolute Gasteiger partial charge is 0.492 e. The molecular weight excluding hydrogens is 172 g/mol. The number of rotatable bonds is 0. The molecule has 0 bridgehead atoms. The van der Waals surface area contributed by atoms with Gasteiger partial charge in [-0.15, -0.1) is 5.10 Å². The van der Waals surface area contributed by atoms with Gasteiger partial charge in [-0.1, -0.05) is 20.8 Å². The highest BCUT2D eigenvalue weighted by atomic mass is 16.4. The van der Waals surface area contributed by atoms with Crippen molar-refractivity contribution in [3.8, 4) is 5.88 Å². The van der Waals surface area contributed by atoms with Gasteiger partial charge in [0.1, 0.15) is 0 Å². The Balaban J connectivity index is 3.18. The first-order valence-corrected chi connectivity index (χ1v) is 3.85. The van der Waals surface area contributed by atoms with Gasteiger partial charge in [0.25, 0.3) is 0 Å². The zero-order valence-electron chi connectivity index (χ0n) is 7.77. The Kier molecular flexibility index (Phi) is 2.03. The van der Waals surface area contributed by atoms with Crippen LogP contribution in [0.15, 0.2) is 6.20 Å². The molecule has 0 saturated carbocycles. The van der Waals surface area contributed by atoms with Gasteiger partial charge in [0.05, 0.1) is 0 Å². The van der Waals surface area contributed by atoms with E-state index in [0.717, 1.165) is 0 Å². The number of aromatic hydroxyl groups is 1. The molecule has 5 nitrogen and oxygen atoms in total. The van der Waals surface area contributed by atoms with Gasteiger partial charge in [0.15, 0.2) is 0 Å². The maximum atomic E-state index is 10.5. The molecule has 1 heterocycles. The SMILES string of the molecule is CC(C)(C)c1cn(C(=O)O)nc1O. The fourth-order valence-corrected chi connectivity index (χ4v) is 0.992. The summed E-state index contributed by atoms with van der Waals surface area (Å²) in [4.78, 5) is 10.5.